The van der Waals surface area contributed by atoms with E-state index in [0.717, 1.165) is 11.8 Å². The second-order valence-electron chi connectivity index (χ2n) is 5.47. The van der Waals surface area contributed by atoms with Crippen molar-refractivity contribution in [1.82, 2.24) is 5.32 Å². The lowest BCUT2D eigenvalue weighted by Gasteiger charge is -2.17. The Bertz CT molecular complexity index is 791. The summed E-state index contributed by atoms with van der Waals surface area (Å²) in [6.07, 6.45) is 1.60. The SMILES string of the molecule is CS(=O)(=O)c1cccc(NC(=O)NC(CO)Cc2ccccc2)c1. The van der Waals surface area contributed by atoms with Crippen LogP contribution in [0.25, 0.3) is 0 Å². The van der Waals surface area contributed by atoms with Crippen molar-refractivity contribution in [2.45, 2.75) is 17.4 Å². The van der Waals surface area contributed by atoms with E-state index in [1.807, 2.05) is 30.3 Å². The molecule has 24 heavy (non-hydrogen) atoms. The predicted molar refractivity (Wildman–Crippen MR) is 92.7 cm³/mol. The highest BCUT2D eigenvalue weighted by molar-refractivity contribution is 7.90. The summed E-state index contributed by atoms with van der Waals surface area (Å²) in [6, 6.07) is 14.6. The van der Waals surface area contributed by atoms with Gasteiger partial charge in [0.1, 0.15) is 0 Å². The van der Waals surface area contributed by atoms with E-state index < -0.39 is 21.9 Å². The molecular weight excluding hydrogens is 328 g/mol. The smallest absolute Gasteiger partial charge is 0.319 e. The molecule has 0 aromatic heterocycles. The van der Waals surface area contributed by atoms with Crippen LogP contribution >= 0.6 is 0 Å². The number of benzene rings is 2. The van der Waals surface area contributed by atoms with Gasteiger partial charge in [0.15, 0.2) is 9.84 Å². The average Bonchev–Trinajstić information content (AvgIpc) is 2.54. The van der Waals surface area contributed by atoms with Crippen molar-refractivity contribution in [3.05, 3.63) is 60.2 Å². The molecule has 2 aromatic rings. The summed E-state index contributed by atoms with van der Waals surface area (Å²) in [6.45, 7) is -0.203. The lowest BCUT2D eigenvalue weighted by molar-refractivity contribution is 0.224. The molecule has 7 heteroatoms. The van der Waals surface area contributed by atoms with Gasteiger partial charge in [-0.15, -0.1) is 0 Å². The van der Waals surface area contributed by atoms with E-state index >= 15 is 0 Å². The van der Waals surface area contributed by atoms with E-state index in [2.05, 4.69) is 10.6 Å². The number of amides is 2. The summed E-state index contributed by atoms with van der Waals surface area (Å²) in [7, 11) is -3.34. The van der Waals surface area contributed by atoms with Gasteiger partial charge >= 0.3 is 6.03 Å². The van der Waals surface area contributed by atoms with E-state index in [1.165, 1.54) is 12.1 Å². The number of aliphatic hydroxyl groups excluding tert-OH is 1. The Morgan fingerprint density at radius 1 is 1.12 bits per heavy atom. The summed E-state index contributed by atoms with van der Waals surface area (Å²) in [4.78, 5) is 12.2. The number of carbonyl (C=O) groups excluding carboxylic acids is 1. The van der Waals surface area contributed by atoms with Crippen molar-refractivity contribution in [3.8, 4) is 0 Å². The van der Waals surface area contributed by atoms with Crippen LogP contribution in [0.15, 0.2) is 59.5 Å². The first-order valence-corrected chi connectivity index (χ1v) is 9.30. The summed E-state index contributed by atoms with van der Waals surface area (Å²) in [5, 5.41) is 14.7. The summed E-state index contributed by atoms with van der Waals surface area (Å²) in [5.41, 5.74) is 1.36. The molecule has 6 nitrogen and oxygen atoms in total. The molecule has 0 saturated heterocycles. The highest BCUT2D eigenvalue weighted by Gasteiger charge is 2.13. The Morgan fingerprint density at radius 3 is 2.46 bits per heavy atom. The van der Waals surface area contributed by atoms with Gasteiger partial charge in [0.2, 0.25) is 0 Å². The van der Waals surface area contributed by atoms with Crippen molar-refractivity contribution >= 4 is 21.6 Å². The second-order valence-corrected chi connectivity index (χ2v) is 7.48. The lowest BCUT2D eigenvalue weighted by atomic mass is 10.1. The molecule has 0 aliphatic rings. The number of aliphatic hydroxyl groups is 1. The molecule has 128 valence electrons. The first kappa shape index (κ1) is 18.0. The molecule has 0 spiro atoms. The molecule has 2 aromatic carbocycles. The zero-order valence-corrected chi connectivity index (χ0v) is 14.1. The fourth-order valence-corrected chi connectivity index (χ4v) is 2.88. The molecule has 0 fully saturated rings. The van der Waals surface area contributed by atoms with Gasteiger partial charge < -0.3 is 15.7 Å². The summed E-state index contributed by atoms with van der Waals surface area (Å²) >= 11 is 0. The molecule has 0 heterocycles. The molecule has 0 bridgehead atoms. The highest BCUT2D eigenvalue weighted by atomic mass is 32.2. The first-order chi connectivity index (χ1) is 11.4. The number of carbonyl (C=O) groups is 1. The largest absolute Gasteiger partial charge is 0.394 e. The normalized spacial score (nSPS) is 12.4. The van der Waals surface area contributed by atoms with Gasteiger partial charge in [-0.2, -0.15) is 0 Å². The fourth-order valence-electron chi connectivity index (χ4n) is 2.22. The maximum atomic E-state index is 12.1. The number of sulfone groups is 1. The Kier molecular flexibility index (Phi) is 5.94. The van der Waals surface area contributed by atoms with Crippen LogP contribution in [0.1, 0.15) is 5.56 Å². The number of nitrogens with one attached hydrogen (secondary N) is 2. The summed E-state index contributed by atoms with van der Waals surface area (Å²) in [5.74, 6) is 0. The molecule has 0 radical (unpaired) electrons. The second kappa shape index (κ2) is 7.94. The molecule has 3 N–H and O–H groups in total. The number of hydrogen-bond acceptors (Lipinski definition) is 4. The van der Waals surface area contributed by atoms with Crippen LogP contribution in [0.4, 0.5) is 10.5 Å². The molecule has 1 unspecified atom stereocenters. The zero-order valence-electron chi connectivity index (χ0n) is 13.3. The van der Waals surface area contributed by atoms with Gasteiger partial charge in [-0.1, -0.05) is 36.4 Å². The summed E-state index contributed by atoms with van der Waals surface area (Å²) < 4.78 is 23.1. The minimum absolute atomic E-state index is 0.128. The fraction of sp³-hybridized carbons (Fsp3) is 0.235. The maximum absolute atomic E-state index is 12.1. The van der Waals surface area contributed by atoms with Crippen molar-refractivity contribution < 1.29 is 18.3 Å². The van der Waals surface area contributed by atoms with Crippen LogP contribution in [-0.4, -0.2) is 38.5 Å². The minimum Gasteiger partial charge on any atom is -0.394 e. The van der Waals surface area contributed by atoms with Crippen molar-refractivity contribution in [3.63, 3.8) is 0 Å². The molecule has 2 amide bonds. The minimum atomic E-state index is -3.34. The van der Waals surface area contributed by atoms with E-state index in [4.69, 9.17) is 0 Å². The molecule has 0 aliphatic carbocycles. The van der Waals surface area contributed by atoms with Gasteiger partial charge in [0.25, 0.3) is 0 Å². The lowest BCUT2D eigenvalue weighted by Crippen LogP contribution is -2.41. The zero-order chi connectivity index (χ0) is 17.6. The number of anilines is 1. The number of hydrogen-bond donors (Lipinski definition) is 3. The van der Waals surface area contributed by atoms with Crippen LogP contribution in [-0.2, 0) is 16.3 Å². The van der Waals surface area contributed by atoms with E-state index in [1.54, 1.807) is 12.1 Å². The third kappa shape index (κ3) is 5.36. The van der Waals surface area contributed by atoms with Crippen molar-refractivity contribution in [2.24, 2.45) is 0 Å². The van der Waals surface area contributed by atoms with Gasteiger partial charge in [0.05, 0.1) is 17.5 Å². The molecule has 1 atom stereocenters. The molecular formula is C17H20N2O4S. The van der Waals surface area contributed by atoms with E-state index in [-0.39, 0.29) is 11.5 Å². The van der Waals surface area contributed by atoms with Gasteiger partial charge in [0, 0.05) is 11.9 Å². The highest BCUT2D eigenvalue weighted by Crippen LogP contribution is 2.15. The molecule has 0 aliphatic heterocycles. The number of urea groups is 1. The quantitative estimate of drug-likeness (QED) is 0.742. The van der Waals surface area contributed by atoms with Crippen LogP contribution < -0.4 is 10.6 Å². The van der Waals surface area contributed by atoms with E-state index in [9.17, 15) is 18.3 Å². The Labute approximate surface area is 141 Å². The van der Waals surface area contributed by atoms with Gasteiger partial charge in [-0.05, 0) is 30.2 Å². The van der Waals surface area contributed by atoms with Crippen LogP contribution in [0.2, 0.25) is 0 Å². The van der Waals surface area contributed by atoms with Crippen LogP contribution in [0, 0.1) is 0 Å². The first-order valence-electron chi connectivity index (χ1n) is 7.41. The monoisotopic (exact) mass is 348 g/mol. The van der Waals surface area contributed by atoms with Crippen molar-refractivity contribution in [2.75, 3.05) is 18.2 Å². The third-order valence-electron chi connectivity index (χ3n) is 3.40. The average molecular weight is 348 g/mol. The van der Waals surface area contributed by atoms with E-state index in [0.29, 0.717) is 12.1 Å². The molecule has 2 rings (SSSR count). The van der Waals surface area contributed by atoms with Gasteiger partial charge in [-0.25, -0.2) is 13.2 Å². The Morgan fingerprint density at radius 2 is 1.83 bits per heavy atom. The predicted octanol–water partition coefficient (Wildman–Crippen LogP) is 1.82. The van der Waals surface area contributed by atoms with Gasteiger partial charge in [-0.3, -0.25) is 0 Å². The standard InChI is InChI=1S/C17H20N2O4S/c1-24(22,23)16-9-5-8-14(11-16)18-17(21)19-15(12-20)10-13-6-3-2-4-7-13/h2-9,11,15,20H,10,12H2,1H3,(H2,18,19,21). The van der Waals surface area contributed by atoms with Crippen LogP contribution in [0.3, 0.4) is 0 Å². The Balaban J connectivity index is 1.99. The maximum Gasteiger partial charge on any atom is 0.319 e. The molecule has 0 saturated carbocycles. The Hall–Kier alpha value is -2.38. The number of rotatable bonds is 6. The van der Waals surface area contributed by atoms with Crippen molar-refractivity contribution in [1.29, 1.82) is 0 Å². The van der Waals surface area contributed by atoms with Crippen LogP contribution in [0.5, 0.6) is 0 Å². The third-order valence-corrected chi connectivity index (χ3v) is 4.51. The topological polar surface area (TPSA) is 95.5 Å².